The number of carbonyl (C=O) groups is 1. The van der Waals surface area contributed by atoms with Gasteiger partial charge in [-0.3, -0.25) is 4.79 Å². The molecule has 0 N–H and O–H groups in total. The second kappa shape index (κ2) is 6.11. The second-order valence-corrected chi connectivity index (χ2v) is 3.43. The average Bonchev–Trinajstić information content (AvgIpc) is 2.31. The zero-order valence-electron chi connectivity index (χ0n) is 8.77. The fourth-order valence-corrected chi connectivity index (χ4v) is 1.44. The molecule has 4 heteroatoms. The van der Waals surface area contributed by atoms with Crippen molar-refractivity contribution in [2.24, 2.45) is 0 Å². The molecule has 0 aliphatic heterocycles. The van der Waals surface area contributed by atoms with Crippen molar-refractivity contribution in [3.8, 4) is 0 Å². The van der Waals surface area contributed by atoms with Gasteiger partial charge in [-0.1, -0.05) is 30.3 Å². The molecule has 0 amide bonds. The van der Waals surface area contributed by atoms with Crippen LogP contribution in [0.5, 0.6) is 0 Å². The first-order chi connectivity index (χ1) is 7.70. The van der Waals surface area contributed by atoms with E-state index in [0.29, 0.717) is 5.56 Å². The first-order valence-corrected chi connectivity index (χ1v) is 5.25. The molecule has 3 nitrogen and oxygen atoms in total. The van der Waals surface area contributed by atoms with E-state index >= 15 is 0 Å². The van der Waals surface area contributed by atoms with Crippen LogP contribution in [0.1, 0.15) is 12.5 Å². The van der Waals surface area contributed by atoms with E-state index in [-0.39, 0.29) is 12.2 Å². The number of hydrogen-bond acceptors (Lipinski definition) is 3. The summed E-state index contributed by atoms with van der Waals surface area (Å²) in [4.78, 5) is 22.2. The molecule has 0 bridgehead atoms. The van der Waals surface area contributed by atoms with Crippen LogP contribution in [0.25, 0.3) is 5.57 Å². The smallest absolute Gasteiger partial charge is 0.329 e. The van der Waals surface area contributed by atoms with Crippen molar-refractivity contribution in [3.05, 3.63) is 35.9 Å². The monoisotopic (exact) mass is 238 g/mol. The topological polar surface area (TPSA) is 43.4 Å². The summed E-state index contributed by atoms with van der Waals surface area (Å²) in [6, 6.07) is 8.69. The molecule has 1 atom stereocenters. The third kappa shape index (κ3) is 2.96. The Hall–Kier alpha value is -1.57. The molecule has 0 aliphatic rings. The zero-order valence-corrected chi connectivity index (χ0v) is 9.53. The van der Waals surface area contributed by atoms with Crippen molar-refractivity contribution in [2.75, 3.05) is 6.61 Å². The van der Waals surface area contributed by atoms with Crippen LogP contribution in [-0.4, -0.2) is 23.9 Å². The molecule has 0 unspecified atom stereocenters. The molecular formula is C12H11ClO3. The van der Waals surface area contributed by atoms with Crippen molar-refractivity contribution in [2.45, 2.75) is 12.3 Å². The molecule has 0 fully saturated rings. The number of rotatable bonds is 4. The van der Waals surface area contributed by atoms with Gasteiger partial charge in [0.2, 0.25) is 0 Å². The zero-order chi connectivity index (χ0) is 12.0. The molecule has 1 aromatic rings. The fourth-order valence-electron chi connectivity index (χ4n) is 1.21. The lowest BCUT2D eigenvalue weighted by molar-refractivity contribution is -0.141. The molecule has 16 heavy (non-hydrogen) atoms. The minimum absolute atomic E-state index is 0.0979. The molecule has 0 saturated heterocycles. The quantitative estimate of drug-likeness (QED) is 0.458. The highest BCUT2D eigenvalue weighted by Crippen LogP contribution is 2.20. The van der Waals surface area contributed by atoms with Crippen LogP contribution in [0.2, 0.25) is 0 Å². The van der Waals surface area contributed by atoms with Crippen LogP contribution in [0.4, 0.5) is 0 Å². The van der Waals surface area contributed by atoms with Crippen LogP contribution >= 0.6 is 11.6 Å². The molecule has 0 heterocycles. The van der Waals surface area contributed by atoms with Gasteiger partial charge in [-0.05, 0) is 12.5 Å². The van der Waals surface area contributed by atoms with Crippen molar-refractivity contribution in [3.63, 3.8) is 0 Å². The fraction of sp³-hybridized carbons (Fsp3) is 0.250. The number of benzene rings is 1. The van der Waals surface area contributed by atoms with Gasteiger partial charge in [-0.25, -0.2) is 4.79 Å². The van der Waals surface area contributed by atoms with Gasteiger partial charge in [0, 0.05) is 0 Å². The highest BCUT2D eigenvalue weighted by molar-refractivity contribution is 6.38. The number of hydrogen-bond donors (Lipinski definition) is 0. The van der Waals surface area contributed by atoms with Crippen LogP contribution in [0.15, 0.2) is 30.3 Å². The minimum Gasteiger partial charge on any atom is -0.465 e. The normalized spacial score (nSPS) is 11.4. The number of alkyl halides is 1. The first-order valence-electron chi connectivity index (χ1n) is 4.81. The molecule has 0 saturated carbocycles. The van der Waals surface area contributed by atoms with E-state index in [1.165, 1.54) is 0 Å². The summed E-state index contributed by atoms with van der Waals surface area (Å²) in [5.41, 5.74) is 0.672. The Kier molecular flexibility index (Phi) is 4.77. The highest BCUT2D eigenvalue weighted by Gasteiger charge is 2.23. The van der Waals surface area contributed by atoms with Crippen molar-refractivity contribution in [1.29, 1.82) is 0 Å². The largest absolute Gasteiger partial charge is 0.465 e. The summed E-state index contributed by atoms with van der Waals surface area (Å²) in [5, 5.41) is -1.11. The van der Waals surface area contributed by atoms with E-state index in [9.17, 15) is 9.59 Å². The molecule has 1 aromatic carbocycles. The molecule has 0 spiro atoms. The Bertz CT molecular complexity index is 408. The maximum atomic E-state index is 11.4. The van der Waals surface area contributed by atoms with Crippen LogP contribution < -0.4 is 0 Å². The van der Waals surface area contributed by atoms with E-state index in [0.717, 1.165) is 0 Å². The van der Waals surface area contributed by atoms with Gasteiger partial charge < -0.3 is 4.74 Å². The van der Waals surface area contributed by atoms with Gasteiger partial charge in [-0.2, -0.15) is 0 Å². The number of esters is 1. The predicted molar refractivity (Wildman–Crippen MR) is 61.8 cm³/mol. The second-order valence-electron chi connectivity index (χ2n) is 3.00. The van der Waals surface area contributed by atoms with Gasteiger partial charge >= 0.3 is 5.97 Å². The van der Waals surface area contributed by atoms with Gasteiger partial charge in [0.05, 0.1) is 12.2 Å². The van der Waals surface area contributed by atoms with Crippen LogP contribution in [0, 0.1) is 0 Å². The summed E-state index contributed by atoms with van der Waals surface area (Å²) >= 11 is 5.84. The summed E-state index contributed by atoms with van der Waals surface area (Å²) in [6.07, 6.45) is 0. The van der Waals surface area contributed by atoms with E-state index < -0.39 is 11.3 Å². The summed E-state index contributed by atoms with van der Waals surface area (Å²) in [7, 11) is 0. The third-order valence-corrected chi connectivity index (χ3v) is 2.34. The number of carbonyl (C=O) groups excluding carboxylic acids is 2. The minimum atomic E-state index is -1.11. The van der Waals surface area contributed by atoms with Crippen LogP contribution in [0.3, 0.4) is 0 Å². The van der Waals surface area contributed by atoms with Crippen molar-refractivity contribution < 1.29 is 14.3 Å². The van der Waals surface area contributed by atoms with E-state index in [4.69, 9.17) is 16.3 Å². The Labute approximate surface area is 98.7 Å². The number of halogens is 1. The van der Waals surface area contributed by atoms with E-state index in [2.05, 4.69) is 0 Å². The number of ether oxygens (including phenoxy) is 1. The SMILES string of the molecule is CCOC(=O)[C@H](Cl)C(=C=O)c1ccccc1. The Morgan fingerprint density at radius 3 is 2.56 bits per heavy atom. The summed E-state index contributed by atoms with van der Waals surface area (Å²) < 4.78 is 4.74. The maximum absolute atomic E-state index is 11.4. The summed E-state index contributed by atoms with van der Waals surface area (Å²) in [5.74, 6) is 1.06. The van der Waals surface area contributed by atoms with Gasteiger partial charge in [0.1, 0.15) is 5.94 Å². The average molecular weight is 239 g/mol. The lowest BCUT2D eigenvalue weighted by Crippen LogP contribution is -2.19. The standard InChI is InChI=1S/C12H11ClO3/c1-2-16-12(15)11(13)10(8-14)9-6-4-3-5-7-9/h3-7,11H,2H2,1H3/t11-/m1/s1. The third-order valence-electron chi connectivity index (χ3n) is 1.94. The van der Waals surface area contributed by atoms with Crippen molar-refractivity contribution >= 4 is 29.1 Å². The molecule has 0 aliphatic carbocycles. The van der Waals surface area contributed by atoms with Gasteiger partial charge in [0.25, 0.3) is 0 Å². The van der Waals surface area contributed by atoms with Gasteiger partial charge in [0.15, 0.2) is 5.38 Å². The van der Waals surface area contributed by atoms with E-state index in [1.807, 2.05) is 0 Å². The first kappa shape index (κ1) is 12.5. The predicted octanol–water partition coefficient (Wildman–Crippen LogP) is 2.07. The summed E-state index contributed by atoms with van der Waals surface area (Å²) in [6.45, 7) is 1.90. The van der Waals surface area contributed by atoms with Crippen molar-refractivity contribution in [1.82, 2.24) is 0 Å². The lowest BCUT2D eigenvalue weighted by Gasteiger charge is -2.09. The maximum Gasteiger partial charge on any atom is 0.329 e. The Morgan fingerprint density at radius 2 is 2.06 bits per heavy atom. The molecular weight excluding hydrogens is 228 g/mol. The Morgan fingerprint density at radius 1 is 1.44 bits per heavy atom. The Balaban J connectivity index is 2.93. The van der Waals surface area contributed by atoms with Crippen LogP contribution in [-0.2, 0) is 14.3 Å². The lowest BCUT2D eigenvalue weighted by atomic mass is 10.0. The molecule has 1 rings (SSSR count). The highest BCUT2D eigenvalue weighted by atomic mass is 35.5. The molecule has 0 radical (unpaired) electrons. The van der Waals surface area contributed by atoms with E-state index in [1.54, 1.807) is 43.2 Å². The molecule has 0 aromatic heterocycles. The molecule has 84 valence electrons. The van der Waals surface area contributed by atoms with Gasteiger partial charge in [-0.15, -0.1) is 11.6 Å².